The first kappa shape index (κ1) is 21.0. The molecule has 0 unspecified atom stereocenters. The molecule has 0 fully saturated rings. The van der Waals surface area contributed by atoms with E-state index in [2.05, 4.69) is 19.2 Å². The van der Waals surface area contributed by atoms with Crippen molar-refractivity contribution in [1.82, 2.24) is 14.6 Å². The van der Waals surface area contributed by atoms with E-state index in [1.165, 1.54) is 24.1 Å². The molecule has 160 valence electrons. The summed E-state index contributed by atoms with van der Waals surface area (Å²) in [5, 5.41) is 9.43. The highest BCUT2D eigenvalue weighted by Gasteiger charge is 2.26. The van der Waals surface area contributed by atoms with Gasteiger partial charge in [0.05, 0.1) is 23.4 Å². The Bertz CT molecular complexity index is 1050. The smallest absolute Gasteiger partial charge is 0.165 e. The van der Waals surface area contributed by atoms with Crippen LogP contribution in [0.5, 0.6) is 5.75 Å². The van der Waals surface area contributed by atoms with Crippen LogP contribution in [0.3, 0.4) is 0 Å². The molecule has 0 spiro atoms. The van der Waals surface area contributed by atoms with Gasteiger partial charge in [0, 0.05) is 22.9 Å². The van der Waals surface area contributed by atoms with Crippen LogP contribution < -0.4 is 10.1 Å². The topological polar surface area (TPSA) is 51.5 Å². The average molecular weight is 427 g/mol. The Hall–Kier alpha value is -2.27. The highest BCUT2D eigenvalue weighted by molar-refractivity contribution is 6.33. The van der Waals surface area contributed by atoms with Crippen LogP contribution in [0.2, 0.25) is 5.02 Å². The van der Waals surface area contributed by atoms with E-state index in [0.29, 0.717) is 11.1 Å². The number of benzene rings is 1. The van der Waals surface area contributed by atoms with E-state index in [1.54, 1.807) is 7.11 Å². The van der Waals surface area contributed by atoms with Crippen molar-refractivity contribution in [2.75, 3.05) is 12.4 Å². The number of ether oxygens (including phenoxy) is 1. The molecular formula is C24H31ClN4O. The number of anilines is 1. The highest BCUT2D eigenvalue weighted by atomic mass is 35.5. The standard InChI is InChI=1S/C24H31ClN4O/c1-5-8-16(9-6-2)26-23-19-10-7-11-21(19)27-24-22(15(3)28-29(23)24)18-13-12-17(30-4)14-20(18)25/h12-14,16,26H,5-11H2,1-4H3. The molecule has 5 nitrogen and oxygen atoms in total. The van der Waals surface area contributed by atoms with Gasteiger partial charge in [-0.05, 0) is 57.2 Å². The number of halogens is 1. The second-order valence-corrected chi connectivity index (χ2v) is 8.61. The van der Waals surface area contributed by atoms with E-state index in [9.17, 15) is 0 Å². The Labute approximate surface area is 183 Å². The number of hydrogen-bond acceptors (Lipinski definition) is 4. The first-order valence-corrected chi connectivity index (χ1v) is 11.5. The maximum absolute atomic E-state index is 6.64. The zero-order chi connectivity index (χ0) is 21.3. The summed E-state index contributed by atoms with van der Waals surface area (Å²) in [5.74, 6) is 1.87. The Kier molecular flexibility index (Phi) is 6.19. The lowest BCUT2D eigenvalue weighted by Crippen LogP contribution is -2.22. The predicted molar refractivity (Wildman–Crippen MR) is 124 cm³/mol. The van der Waals surface area contributed by atoms with E-state index in [0.717, 1.165) is 66.1 Å². The van der Waals surface area contributed by atoms with Crippen LogP contribution in [0.4, 0.5) is 5.82 Å². The second kappa shape index (κ2) is 8.84. The molecule has 0 saturated heterocycles. The van der Waals surface area contributed by atoms with Gasteiger partial charge in [0.15, 0.2) is 5.65 Å². The fourth-order valence-corrected chi connectivity index (χ4v) is 4.87. The van der Waals surface area contributed by atoms with Gasteiger partial charge in [0.1, 0.15) is 11.6 Å². The van der Waals surface area contributed by atoms with Crippen LogP contribution in [0, 0.1) is 6.92 Å². The van der Waals surface area contributed by atoms with Gasteiger partial charge in [-0.25, -0.2) is 4.98 Å². The van der Waals surface area contributed by atoms with E-state index >= 15 is 0 Å². The van der Waals surface area contributed by atoms with Crippen LogP contribution in [0.1, 0.15) is 62.9 Å². The summed E-state index contributed by atoms with van der Waals surface area (Å²) in [5.41, 5.74) is 6.29. The summed E-state index contributed by atoms with van der Waals surface area (Å²) in [6.07, 6.45) is 7.87. The molecule has 0 bridgehead atoms. The molecule has 3 aromatic rings. The van der Waals surface area contributed by atoms with Crippen LogP contribution >= 0.6 is 11.6 Å². The monoisotopic (exact) mass is 426 g/mol. The van der Waals surface area contributed by atoms with Gasteiger partial charge in [-0.2, -0.15) is 9.61 Å². The van der Waals surface area contributed by atoms with E-state index in [-0.39, 0.29) is 0 Å². The SMILES string of the molecule is CCCC(CCC)Nc1c2c(nc3c(-c4ccc(OC)cc4Cl)c(C)nn13)CCC2. The molecule has 4 rings (SSSR count). The van der Waals surface area contributed by atoms with Crippen molar-refractivity contribution in [1.29, 1.82) is 0 Å². The number of methoxy groups -OCH3 is 1. The number of aromatic nitrogens is 3. The molecule has 2 aromatic heterocycles. The number of hydrogen-bond donors (Lipinski definition) is 1. The van der Waals surface area contributed by atoms with Crippen molar-refractivity contribution in [2.24, 2.45) is 0 Å². The maximum atomic E-state index is 6.64. The summed E-state index contributed by atoms with van der Waals surface area (Å²) >= 11 is 6.64. The van der Waals surface area contributed by atoms with E-state index in [1.807, 2.05) is 29.6 Å². The third-order valence-corrected chi connectivity index (χ3v) is 6.34. The number of rotatable bonds is 8. The van der Waals surface area contributed by atoms with Gasteiger partial charge in [-0.3, -0.25) is 0 Å². The second-order valence-electron chi connectivity index (χ2n) is 8.20. The molecule has 0 aliphatic heterocycles. The van der Waals surface area contributed by atoms with Crippen molar-refractivity contribution in [2.45, 2.75) is 71.8 Å². The Morgan fingerprint density at radius 3 is 2.63 bits per heavy atom. The van der Waals surface area contributed by atoms with Gasteiger partial charge in [0.2, 0.25) is 0 Å². The van der Waals surface area contributed by atoms with Crippen LogP contribution in [0.15, 0.2) is 18.2 Å². The number of nitrogens with one attached hydrogen (secondary N) is 1. The molecule has 0 saturated carbocycles. The third-order valence-electron chi connectivity index (χ3n) is 6.02. The molecule has 1 aliphatic rings. The van der Waals surface area contributed by atoms with Crippen molar-refractivity contribution in [3.8, 4) is 16.9 Å². The molecular weight excluding hydrogens is 396 g/mol. The van der Waals surface area contributed by atoms with E-state index in [4.69, 9.17) is 26.4 Å². The largest absolute Gasteiger partial charge is 0.497 e. The lowest BCUT2D eigenvalue weighted by molar-refractivity contribution is 0.415. The van der Waals surface area contributed by atoms with E-state index < -0.39 is 0 Å². The molecule has 2 heterocycles. The predicted octanol–water partition coefficient (Wildman–Crippen LogP) is 6.24. The van der Waals surface area contributed by atoms with Crippen molar-refractivity contribution in [3.05, 3.63) is 40.2 Å². The summed E-state index contributed by atoms with van der Waals surface area (Å²) in [4.78, 5) is 5.07. The molecule has 0 radical (unpaired) electrons. The fraction of sp³-hybridized carbons (Fsp3) is 0.500. The Morgan fingerprint density at radius 2 is 1.97 bits per heavy atom. The lowest BCUT2D eigenvalue weighted by atomic mass is 10.1. The zero-order valence-corrected chi connectivity index (χ0v) is 19.1. The molecule has 1 aliphatic carbocycles. The summed E-state index contributed by atoms with van der Waals surface area (Å²) < 4.78 is 7.34. The Morgan fingerprint density at radius 1 is 1.20 bits per heavy atom. The van der Waals surface area contributed by atoms with Crippen LogP contribution in [0.25, 0.3) is 16.8 Å². The quantitative estimate of drug-likeness (QED) is 0.463. The molecule has 1 aromatic carbocycles. The van der Waals surface area contributed by atoms with Gasteiger partial charge >= 0.3 is 0 Å². The minimum atomic E-state index is 0.452. The van der Waals surface area contributed by atoms with Crippen molar-refractivity contribution >= 4 is 23.1 Å². The molecule has 1 N–H and O–H groups in total. The average Bonchev–Trinajstić information content (AvgIpc) is 3.32. The zero-order valence-electron chi connectivity index (χ0n) is 18.4. The summed E-state index contributed by atoms with van der Waals surface area (Å²) in [6, 6.07) is 6.25. The van der Waals surface area contributed by atoms with Crippen molar-refractivity contribution in [3.63, 3.8) is 0 Å². The third kappa shape index (κ3) is 3.76. The highest BCUT2D eigenvalue weighted by Crippen LogP contribution is 2.38. The number of nitrogens with zero attached hydrogens (tertiary/aromatic N) is 3. The van der Waals surface area contributed by atoms with Gasteiger partial charge in [0.25, 0.3) is 0 Å². The number of aryl methyl sites for hydroxylation is 2. The molecule has 6 heteroatoms. The molecule has 0 atom stereocenters. The normalized spacial score (nSPS) is 13.3. The van der Waals surface area contributed by atoms with Crippen LogP contribution in [-0.4, -0.2) is 27.7 Å². The number of fused-ring (bicyclic) bond motifs is 2. The molecule has 30 heavy (non-hydrogen) atoms. The minimum Gasteiger partial charge on any atom is -0.497 e. The van der Waals surface area contributed by atoms with Crippen LogP contribution in [-0.2, 0) is 12.8 Å². The summed E-state index contributed by atoms with van der Waals surface area (Å²) in [6.45, 7) is 6.53. The lowest BCUT2D eigenvalue weighted by Gasteiger charge is -2.21. The first-order chi connectivity index (χ1) is 14.6. The maximum Gasteiger partial charge on any atom is 0.165 e. The van der Waals surface area contributed by atoms with Gasteiger partial charge in [-0.15, -0.1) is 0 Å². The molecule has 0 amide bonds. The van der Waals surface area contributed by atoms with Gasteiger partial charge < -0.3 is 10.1 Å². The summed E-state index contributed by atoms with van der Waals surface area (Å²) in [7, 11) is 1.65. The van der Waals surface area contributed by atoms with Gasteiger partial charge in [-0.1, -0.05) is 38.3 Å². The van der Waals surface area contributed by atoms with Crippen molar-refractivity contribution < 1.29 is 4.74 Å². The first-order valence-electron chi connectivity index (χ1n) is 11.1. The fourth-order valence-electron chi connectivity index (χ4n) is 4.60. The Balaban J connectivity index is 1.88. The minimum absolute atomic E-state index is 0.452.